The molecule has 0 aromatic heterocycles. The molecule has 1 fully saturated rings. The van der Waals surface area contributed by atoms with Crippen LogP contribution in [0, 0.1) is 37.5 Å². The van der Waals surface area contributed by atoms with Crippen LogP contribution in [0.5, 0.6) is 0 Å². The normalized spacial score (nSPS) is 24.3. The van der Waals surface area contributed by atoms with Gasteiger partial charge in [0.15, 0.2) is 5.79 Å². The fraction of sp³-hybridized carbons (Fsp3) is 0.512. The number of hydrogen-bond donors (Lipinski definition) is 0. The number of benzene rings is 3. The minimum absolute atomic E-state index is 0.00395. The molecule has 3 aromatic rings. The van der Waals surface area contributed by atoms with Crippen molar-refractivity contribution in [1.82, 2.24) is 0 Å². The molecule has 0 saturated carbocycles. The first kappa shape index (κ1) is 31.7. The van der Waals surface area contributed by atoms with Gasteiger partial charge in [-0.2, -0.15) is 0 Å². The van der Waals surface area contributed by atoms with Gasteiger partial charge in [0, 0.05) is 17.9 Å². The summed E-state index contributed by atoms with van der Waals surface area (Å²) in [6.07, 6.45) is 4.67. The maximum absolute atomic E-state index is 7.09. The largest absolute Gasteiger partial charge is 0.342 e. The van der Waals surface area contributed by atoms with Gasteiger partial charge >= 0.3 is 0 Å². The lowest BCUT2D eigenvalue weighted by atomic mass is 9.77. The van der Waals surface area contributed by atoms with Crippen molar-refractivity contribution in [3.63, 3.8) is 0 Å². The molecule has 2 aliphatic rings. The van der Waals surface area contributed by atoms with Crippen LogP contribution in [0.15, 0.2) is 60.7 Å². The SMILES string of the molecule is Cc1ccc(-c2ccc3c(c2)C(CC(C)C)=C[C@H]3c2cc(C)cc(C)c2C2(C)OC(C(C)(C)C)CC(C(C)(C)C)O2)cc1. The minimum Gasteiger partial charge on any atom is -0.342 e. The van der Waals surface area contributed by atoms with Crippen LogP contribution in [0.1, 0.15) is 120 Å². The molecule has 1 saturated heterocycles. The van der Waals surface area contributed by atoms with E-state index >= 15 is 0 Å². The molecule has 0 bridgehead atoms. The van der Waals surface area contributed by atoms with Crippen LogP contribution in [0.4, 0.5) is 0 Å². The predicted molar refractivity (Wildman–Crippen MR) is 182 cm³/mol. The van der Waals surface area contributed by atoms with Crippen LogP contribution in [0.2, 0.25) is 0 Å². The summed E-state index contributed by atoms with van der Waals surface area (Å²) in [6.45, 7) is 27.2. The zero-order valence-corrected chi connectivity index (χ0v) is 28.8. The maximum atomic E-state index is 7.09. The van der Waals surface area contributed by atoms with E-state index in [1.807, 2.05) is 0 Å². The zero-order chi connectivity index (χ0) is 31.5. The average molecular weight is 579 g/mol. The van der Waals surface area contributed by atoms with Crippen LogP contribution < -0.4 is 0 Å². The third-order valence-electron chi connectivity index (χ3n) is 9.51. The molecule has 1 aliphatic heterocycles. The van der Waals surface area contributed by atoms with Crippen molar-refractivity contribution in [2.24, 2.45) is 16.7 Å². The highest BCUT2D eigenvalue weighted by Crippen LogP contribution is 2.51. The van der Waals surface area contributed by atoms with Gasteiger partial charge in [0.2, 0.25) is 0 Å². The van der Waals surface area contributed by atoms with Crippen molar-refractivity contribution in [1.29, 1.82) is 0 Å². The summed E-state index contributed by atoms with van der Waals surface area (Å²) >= 11 is 0. The van der Waals surface area contributed by atoms with Crippen LogP contribution in [0.3, 0.4) is 0 Å². The van der Waals surface area contributed by atoms with Gasteiger partial charge in [-0.3, -0.25) is 0 Å². The molecule has 230 valence electrons. The van der Waals surface area contributed by atoms with Crippen molar-refractivity contribution < 1.29 is 9.47 Å². The van der Waals surface area contributed by atoms with E-state index in [1.165, 1.54) is 55.6 Å². The van der Waals surface area contributed by atoms with Gasteiger partial charge in [-0.1, -0.05) is 121 Å². The van der Waals surface area contributed by atoms with E-state index in [0.717, 1.165) is 12.8 Å². The second-order valence-electron chi connectivity index (χ2n) is 16.1. The standard InChI is InChI=1S/C41H54O2/c1-25(2)19-31-23-34(32-18-17-30(22-33(31)32)29-15-13-26(3)14-16-29)35-21-27(4)20-28(5)38(35)41(12)42-36(39(6,7)8)24-37(43-41)40(9,10)11/h13-18,20-23,25,34,36-37H,19,24H2,1-12H3/t34-,36?,37?,41?/m1/s1. The van der Waals surface area contributed by atoms with E-state index in [9.17, 15) is 0 Å². The number of fused-ring (bicyclic) bond motifs is 1. The third-order valence-corrected chi connectivity index (χ3v) is 9.51. The van der Waals surface area contributed by atoms with Gasteiger partial charge in [0.05, 0.1) is 12.2 Å². The van der Waals surface area contributed by atoms with Crippen molar-refractivity contribution in [3.05, 3.63) is 99.6 Å². The second-order valence-corrected chi connectivity index (χ2v) is 16.1. The van der Waals surface area contributed by atoms with E-state index in [4.69, 9.17) is 9.47 Å². The Morgan fingerprint density at radius 1 is 0.744 bits per heavy atom. The lowest BCUT2D eigenvalue weighted by molar-refractivity contribution is -0.346. The van der Waals surface area contributed by atoms with Crippen molar-refractivity contribution in [3.8, 4) is 11.1 Å². The molecule has 2 unspecified atom stereocenters. The van der Waals surface area contributed by atoms with E-state index < -0.39 is 5.79 Å². The molecule has 2 nitrogen and oxygen atoms in total. The van der Waals surface area contributed by atoms with Crippen molar-refractivity contribution in [2.45, 2.75) is 120 Å². The lowest BCUT2D eigenvalue weighted by Crippen LogP contribution is -2.53. The van der Waals surface area contributed by atoms with Crippen LogP contribution in [-0.4, -0.2) is 12.2 Å². The summed E-state index contributed by atoms with van der Waals surface area (Å²) in [4.78, 5) is 0. The molecular formula is C41H54O2. The number of ether oxygens (including phenoxy) is 2. The van der Waals surface area contributed by atoms with Gasteiger partial charge in [0.25, 0.3) is 0 Å². The van der Waals surface area contributed by atoms with E-state index in [-0.39, 0.29) is 29.0 Å². The van der Waals surface area contributed by atoms with Crippen molar-refractivity contribution >= 4 is 5.57 Å². The monoisotopic (exact) mass is 578 g/mol. The first-order valence-corrected chi connectivity index (χ1v) is 16.4. The number of rotatable bonds is 5. The summed E-state index contributed by atoms with van der Waals surface area (Å²) in [6, 6.07) is 20.7. The average Bonchev–Trinajstić information content (AvgIpc) is 3.24. The highest BCUT2D eigenvalue weighted by molar-refractivity contribution is 5.81. The number of aryl methyl sites for hydroxylation is 3. The summed E-state index contributed by atoms with van der Waals surface area (Å²) < 4.78 is 14.2. The molecule has 3 aromatic carbocycles. The van der Waals surface area contributed by atoms with Crippen LogP contribution in [-0.2, 0) is 15.3 Å². The highest BCUT2D eigenvalue weighted by atomic mass is 16.7. The Morgan fingerprint density at radius 2 is 1.33 bits per heavy atom. The Kier molecular flexibility index (Phi) is 8.38. The molecule has 0 amide bonds. The smallest absolute Gasteiger partial charge is 0.193 e. The van der Waals surface area contributed by atoms with Gasteiger partial charge in [-0.25, -0.2) is 0 Å². The summed E-state index contributed by atoms with van der Waals surface area (Å²) in [5.74, 6) is -0.128. The molecule has 43 heavy (non-hydrogen) atoms. The van der Waals surface area contributed by atoms with Crippen LogP contribution >= 0.6 is 0 Å². The molecule has 0 N–H and O–H groups in total. The highest BCUT2D eigenvalue weighted by Gasteiger charge is 2.49. The van der Waals surface area contributed by atoms with Gasteiger partial charge in [0.1, 0.15) is 0 Å². The van der Waals surface area contributed by atoms with Gasteiger partial charge < -0.3 is 9.47 Å². The summed E-state index contributed by atoms with van der Waals surface area (Å²) in [5, 5.41) is 0. The predicted octanol–water partition coefficient (Wildman–Crippen LogP) is 11.3. The van der Waals surface area contributed by atoms with E-state index in [0.29, 0.717) is 5.92 Å². The number of hydrogen-bond acceptors (Lipinski definition) is 2. The fourth-order valence-electron chi connectivity index (χ4n) is 7.19. The lowest BCUT2D eigenvalue weighted by Gasteiger charge is -2.51. The van der Waals surface area contributed by atoms with E-state index in [2.05, 4.69) is 144 Å². The van der Waals surface area contributed by atoms with Gasteiger partial charge in [-0.05, 0) is 95.9 Å². The molecular weight excluding hydrogens is 524 g/mol. The fourth-order valence-corrected chi connectivity index (χ4v) is 7.19. The molecule has 0 radical (unpaired) electrons. The molecule has 1 aliphatic carbocycles. The zero-order valence-electron chi connectivity index (χ0n) is 28.8. The topological polar surface area (TPSA) is 18.5 Å². The maximum Gasteiger partial charge on any atom is 0.193 e. The van der Waals surface area contributed by atoms with Crippen molar-refractivity contribution in [2.75, 3.05) is 0 Å². The third kappa shape index (κ3) is 6.43. The Balaban J connectivity index is 1.67. The minimum atomic E-state index is -0.849. The molecule has 3 atom stereocenters. The molecule has 0 spiro atoms. The Bertz CT molecular complexity index is 1480. The summed E-state index contributed by atoms with van der Waals surface area (Å²) in [7, 11) is 0. The Labute approximate surface area is 261 Å². The molecule has 5 rings (SSSR count). The molecule has 2 heteroatoms. The van der Waals surface area contributed by atoms with Crippen LogP contribution in [0.25, 0.3) is 16.7 Å². The van der Waals surface area contributed by atoms with E-state index in [1.54, 1.807) is 0 Å². The first-order valence-electron chi connectivity index (χ1n) is 16.4. The molecule has 1 heterocycles. The Hall–Kier alpha value is -2.68. The second kappa shape index (κ2) is 11.4. The Morgan fingerprint density at radius 3 is 1.88 bits per heavy atom. The van der Waals surface area contributed by atoms with Gasteiger partial charge in [-0.15, -0.1) is 0 Å². The summed E-state index contributed by atoms with van der Waals surface area (Å²) in [5.41, 5.74) is 13.1. The first-order chi connectivity index (χ1) is 20.0. The number of allylic oxidation sites excluding steroid dienone is 2. The quantitative estimate of drug-likeness (QED) is 0.300.